The zero-order chi connectivity index (χ0) is 15.2. The second-order valence-electron chi connectivity index (χ2n) is 5.09. The number of nitrogens with two attached hydrogens (primary N) is 1. The number of aliphatic hydroxyl groups excluding tert-OH is 1. The monoisotopic (exact) mass is 308 g/mol. The fraction of sp³-hybridized carbons (Fsp3) is 0.467. The Labute approximate surface area is 128 Å². The molecule has 2 amide bonds. The Morgan fingerprint density at radius 3 is 2.71 bits per heavy atom. The fourth-order valence-corrected chi connectivity index (χ4v) is 3.53. The van der Waals surface area contributed by atoms with Gasteiger partial charge in [-0.25, -0.2) is 0 Å². The zero-order valence-corrected chi connectivity index (χ0v) is 12.6. The molecule has 1 unspecified atom stereocenters. The molecule has 0 aromatic heterocycles. The topological polar surface area (TPSA) is 83.6 Å². The van der Waals surface area contributed by atoms with Gasteiger partial charge in [-0.1, -0.05) is 30.3 Å². The smallest absolute Gasteiger partial charge is 0.241 e. The number of carbonyl (C=O) groups is 2. The number of rotatable bonds is 5. The summed E-state index contributed by atoms with van der Waals surface area (Å²) in [4.78, 5) is 25.6. The zero-order valence-electron chi connectivity index (χ0n) is 11.8. The van der Waals surface area contributed by atoms with E-state index in [-0.39, 0.29) is 12.5 Å². The van der Waals surface area contributed by atoms with Gasteiger partial charge in [-0.15, -0.1) is 0 Å². The molecule has 0 bridgehead atoms. The van der Waals surface area contributed by atoms with E-state index < -0.39 is 17.9 Å². The van der Waals surface area contributed by atoms with Crippen molar-refractivity contribution in [2.45, 2.75) is 12.5 Å². The number of benzene rings is 1. The van der Waals surface area contributed by atoms with E-state index in [9.17, 15) is 14.7 Å². The number of primary amides is 1. The van der Waals surface area contributed by atoms with Crippen LogP contribution in [0.3, 0.4) is 0 Å². The van der Waals surface area contributed by atoms with Crippen molar-refractivity contribution in [2.24, 2.45) is 11.7 Å². The standard InChI is InChI=1S/C15H20N2O3S/c16-14(19)13-10-21-7-6-17(13)15(20)12(9-18)8-11-4-2-1-3-5-11/h1-5,12-13,18H,6-10H2,(H2,16,19)/t12-,13?/m1/s1. The molecular weight excluding hydrogens is 288 g/mol. The average Bonchev–Trinajstić information content (AvgIpc) is 2.53. The highest BCUT2D eigenvalue weighted by molar-refractivity contribution is 7.99. The summed E-state index contributed by atoms with van der Waals surface area (Å²) in [6.07, 6.45) is 0.464. The molecule has 2 rings (SSSR count). The van der Waals surface area contributed by atoms with Crippen molar-refractivity contribution in [3.8, 4) is 0 Å². The minimum absolute atomic E-state index is 0.189. The van der Waals surface area contributed by atoms with Gasteiger partial charge in [0.2, 0.25) is 11.8 Å². The summed E-state index contributed by atoms with van der Waals surface area (Å²) in [5, 5.41) is 9.54. The van der Waals surface area contributed by atoms with E-state index in [1.165, 1.54) is 4.90 Å². The summed E-state index contributed by atoms with van der Waals surface area (Å²) in [7, 11) is 0. The Kier molecular flexibility index (Phi) is 5.64. The Morgan fingerprint density at radius 1 is 1.38 bits per heavy atom. The predicted molar refractivity (Wildman–Crippen MR) is 82.7 cm³/mol. The molecule has 3 N–H and O–H groups in total. The molecule has 0 radical (unpaired) electrons. The Balaban J connectivity index is 2.09. The third-order valence-electron chi connectivity index (χ3n) is 3.63. The van der Waals surface area contributed by atoms with Gasteiger partial charge in [0, 0.05) is 18.1 Å². The molecule has 6 heteroatoms. The van der Waals surface area contributed by atoms with Crippen LogP contribution in [-0.4, -0.2) is 52.5 Å². The minimum Gasteiger partial charge on any atom is -0.396 e. The van der Waals surface area contributed by atoms with Gasteiger partial charge < -0.3 is 15.7 Å². The number of carbonyl (C=O) groups excluding carboxylic acids is 2. The van der Waals surface area contributed by atoms with Gasteiger partial charge >= 0.3 is 0 Å². The van der Waals surface area contributed by atoms with Crippen molar-refractivity contribution >= 4 is 23.6 Å². The number of nitrogens with zero attached hydrogens (tertiary/aromatic N) is 1. The van der Waals surface area contributed by atoms with E-state index in [1.54, 1.807) is 11.8 Å². The molecule has 1 aromatic carbocycles. The summed E-state index contributed by atoms with van der Waals surface area (Å²) < 4.78 is 0. The van der Waals surface area contributed by atoms with E-state index in [1.807, 2.05) is 30.3 Å². The first-order valence-electron chi connectivity index (χ1n) is 6.95. The van der Waals surface area contributed by atoms with Gasteiger partial charge in [0.1, 0.15) is 6.04 Å². The molecule has 1 aliphatic heterocycles. The van der Waals surface area contributed by atoms with Crippen LogP contribution in [0.1, 0.15) is 5.56 Å². The molecule has 114 valence electrons. The number of thioether (sulfide) groups is 1. The maximum atomic E-state index is 12.6. The molecule has 2 atom stereocenters. The third-order valence-corrected chi connectivity index (χ3v) is 4.66. The van der Waals surface area contributed by atoms with Crippen molar-refractivity contribution in [3.63, 3.8) is 0 Å². The van der Waals surface area contributed by atoms with Crippen molar-refractivity contribution < 1.29 is 14.7 Å². The molecule has 5 nitrogen and oxygen atoms in total. The van der Waals surface area contributed by atoms with Gasteiger partial charge in [-0.05, 0) is 12.0 Å². The Bertz CT molecular complexity index is 495. The van der Waals surface area contributed by atoms with Crippen molar-refractivity contribution in [1.82, 2.24) is 4.90 Å². The SMILES string of the molecule is NC(=O)C1CSCCN1C(=O)[C@@H](CO)Cc1ccccc1. The molecule has 1 aromatic rings. The van der Waals surface area contributed by atoms with Crippen LogP contribution in [0.25, 0.3) is 0 Å². The first kappa shape index (κ1) is 15.9. The van der Waals surface area contributed by atoms with Crippen LogP contribution in [0, 0.1) is 5.92 Å². The van der Waals surface area contributed by atoms with Gasteiger partial charge in [0.15, 0.2) is 0 Å². The van der Waals surface area contributed by atoms with Crippen LogP contribution >= 0.6 is 11.8 Å². The molecule has 0 spiro atoms. The van der Waals surface area contributed by atoms with Gasteiger partial charge in [-0.2, -0.15) is 11.8 Å². The summed E-state index contributed by atoms with van der Waals surface area (Å²) in [5.41, 5.74) is 6.37. The normalized spacial score (nSPS) is 20.0. The third kappa shape index (κ3) is 3.98. The number of aliphatic hydroxyl groups is 1. The van der Waals surface area contributed by atoms with Crippen LogP contribution in [0.4, 0.5) is 0 Å². The molecule has 0 aliphatic carbocycles. The van der Waals surface area contributed by atoms with Gasteiger partial charge in [0.25, 0.3) is 0 Å². The molecule has 1 fully saturated rings. The van der Waals surface area contributed by atoms with Gasteiger partial charge in [0.05, 0.1) is 12.5 Å². The molecule has 21 heavy (non-hydrogen) atoms. The largest absolute Gasteiger partial charge is 0.396 e. The predicted octanol–water partition coefficient (Wildman–Crippen LogP) is 0.267. The van der Waals surface area contributed by atoms with E-state index in [2.05, 4.69) is 0 Å². The van der Waals surface area contributed by atoms with Crippen LogP contribution in [-0.2, 0) is 16.0 Å². The number of hydrogen-bond acceptors (Lipinski definition) is 4. The number of amides is 2. The lowest BCUT2D eigenvalue weighted by Crippen LogP contribution is -2.54. The lowest BCUT2D eigenvalue weighted by molar-refractivity contribution is -0.143. The van der Waals surface area contributed by atoms with Crippen LogP contribution in [0.5, 0.6) is 0 Å². The quantitative estimate of drug-likeness (QED) is 0.818. The lowest BCUT2D eigenvalue weighted by atomic mass is 9.98. The molecule has 0 saturated carbocycles. The molecular formula is C15H20N2O3S. The summed E-state index contributed by atoms with van der Waals surface area (Å²) in [5.74, 6) is 0.124. The van der Waals surface area contributed by atoms with Crippen LogP contribution in [0.15, 0.2) is 30.3 Å². The maximum Gasteiger partial charge on any atom is 0.241 e. The molecule has 1 aliphatic rings. The summed E-state index contributed by atoms with van der Waals surface area (Å²) >= 11 is 1.62. The van der Waals surface area contributed by atoms with Crippen LogP contribution < -0.4 is 5.73 Å². The second kappa shape index (κ2) is 7.47. The molecule has 1 saturated heterocycles. The Hall–Kier alpha value is -1.53. The maximum absolute atomic E-state index is 12.6. The van der Waals surface area contributed by atoms with Crippen molar-refractivity contribution in [3.05, 3.63) is 35.9 Å². The average molecular weight is 308 g/mol. The van der Waals surface area contributed by atoms with E-state index >= 15 is 0 Å². The van der Waals surface area contributed by atoms with Gasteiger partial charge in [-0.3, -0.25) is 9.59 Å². The minimum atomic E-state index is -0.568. The second-order valence-corrected chi connectivity index (χ2v) is 6.24. The molecule has 1 heterocycles. The highest BCUT2D eigenvalue weighted by atomic mass is 32.2. The Morgan fingerprint density at radius 2 is 2.10 bits per heavy atom. The van der Waals surface area contributed by atoms with E-state index in [0.29, 0.717) is 18.7 Å². The van der Waals surface area contributed by atoms with Crippen molar-refractivity contribution in [1.29, 1.82) is 0 Å². The van der Waals surface area contributed by atoms with E-state index in [4.69, 9.17) is 5.73 Å². The first-order valence-corrected chi connectivity index (χ1v) is 8.11. The number of hydrogen-bond donors (Lipinski definition) is 2. The lowest BCUT2D eigenvalue weighted by Gasteiger charge is -2.35. The van der Waals surface area contributed by atoms with E-state index in [0.717, 1.165) is 11.3 Å². The highest BCUT2D eigenvalue weighted by Gasteiger charge is 2.34. The highest BCUT2D eigenvalue weighted by Crippen LogP contribution is 2.20. The van der Waals surface area contributed by atoms with Crippen molar-refractivity contribution in [2.75, 3.05) is 24.7 Å². The fourth-order valence-electron chi connectivity index (χ4n) is 2.47. The summed E-state index contributed by atoms with van der Waals surface area (Å²) in [6, 6.07) is 8.99. The first-order chi connectivity index (χ1) is 10.1. The van der Waals surface area contributed by atoms with Crippen LogP contribution in [0.2, 0.25) is 0 Å². The summed E-state index contributed by atoms with van der Waals surface area (Å²) in [6.45, 7) is 0.269.